The predicted octanol–water partition coefficient (Wildman–Crippen LogP) is 4.03. The van der Waals surface area contributed by atoms with Gasteiger partial charge in [-0.3, -0.25) is 19.3 Å². The number of likely N-dealkylation sites (tertiary alicyclic amines) is 2. The molecule has 0 spiro atoms. The molecule has 0 aromatic rings. The summed E-state index contributed by atoms with van der Waals surface area (Å²) in [6.07, 6.45) is 4.17. The Morgan fingerprint density at radius 2 is 1.70 bits per heavy atom. The second-order valence-corrected chi connectivity index (χ2v) is 16.7. The van der Waals surface area contributed by atoms with E-state index in [-0.39, 0.29) is 36.4 Å². The van der Waals surface area contributed by atoms with Gasteiger partial charge in [-0.25, -0.2) is 9.59 Å². The van der Waals surface area contributed by atoms with Gasteiger partial charge >= 0.3 is 18.0 Å². The van der Waals surface area contributed by atoms with E-state index in [0.29, 0.717) is 25.1 Å². The summed E-state index contributed by atoms with van der Waals surface area (Å²) < 4.78 is 16.4. The van der Waals surface area contributed by atoms with Crippen LogP contribution in [0.3, 0.4) is 0 Å². The van der Waals surface area contributed by atoms with Crippen molar-refractivity contribution in [1.82, 2.24) is 9.80 Å². The number of allylic oxidation sites excluding steroid dienone is 1. The van der Waals surface area contributed by atoms with Crippen LogP contribution in [-0.4, -0.2) is 86.2 Å². The number of amides is 3. The molecule has 11 heteroatoms. The smallest absolute Gasteiger partial charge is 0.410 e. The molecule has 2 aliphatic rings. The van der Waals surface area contributed by atoms with Crippen molar-refractivity contribution in [2.75, 3.05) is 26.3 Å². The highest BCUT2D eigenvalue weighted by molar-refractivity contribution is 6.74. The SMILES string of the molecule is C=CCOC(=O)C(=O)N1C(=O)[C@H]([C@@H](C)O[Si](C)(C)C(C)(C)C)[C@H]1CC(=O)C(C)=CC1CCN(C(=O)OCC=C)C1. The molecule has 2 rings (SSSR count). The Bertz CT molecular complexity index is 1060. The topological polar surface area (TPSA) is 120 Å². The molecular formula is C29H44N2O8Si. The van der Waals surface area contributed by atoms with Gasteiger partial charge in [0.05, 0.1) is 18.1 Å². The lowest BCUT2D eigenvalue weighted by molar-refractivity contribution is -0.179. The summed E-state index contributed by atoms with van der Waals surface area (Å²) in [6.45, 7) is 21.7. The van der Waals surface area contributed by atoms with E-state index >= 15 is 0 Å². The van der Waals surface area contributed by atoms with Crippen molar-refractivity contribution in [1.29, 1.82) is 0 Å². The standard InChI is InChI=1S/C29H44N2O8Si/c1-10-14-37-27(35)26(34)31-22(24(25(31)33)20(4)39-40(8,9)29(5,6)7)17-23(32)19(3)16-21-12-13-30(18-21)28(36)38-15-11-2/h10-11,16,20-22,24H,1-2,12-15,17-18H2,3-9H3/t20-,21?,22-,24-/m1/s1. The minimum absolute atomic E-state index is 0.0356. The molecule has 0 saturated carbocycles. The first kappa shape index (κ1) is 33.2. The Morgan fingerprint density at radius 3 is 2.27 bits per heavy atom. The van der Waals surface area contributed by atoms with Crippen LogP contribution < -0.4 is 0 Å². The van der Waals surface area contributed by atoms with Gasteiger partial charge in [-0.15, -0.1) is 0 Å². The van der Waals surface area contributed by atoms with Gasteiger partial charge in [-0.05, 0) is 49.9 Å². The summed E-state index contributed by atoms with van der Waals surface area (Å²) in [5.41, 5.74) is 0.462. The van der Waals surface area contributed by atoms with Crippen molar-refractivity contribution >= 4 is 38.0 Å². The predicted molar refractivity (Wildman–Crippen MR) is 153 cm³/mol. The first-order valence-electron chi connectivity index (χ1n) is 13.6. The van der Waals surface area contributed by atoms with E-state index in [0.717, 1.165) is 4.90 Å². The average molecular weight is 577 g/mol. The Hall–Kier alpha value is -3.05. The zero-order valence-corrected chi connectivity index (χ0v) is 25.9. The molecule has 1 unspecified atom stereocenters. The van der Waals surface area contributed by atoms with Crippen molar-refractivity contribution in [2.24, 2.45) is 11.8 Å². The maximum absolute atomic E-state index is 13.3. The molecule has 0 N–H and O–H groups in total. The van der Waals surface area contributed by atoms with Gasteiger partial charge in [0, 0.05) is 19.5 Å². The van der Waals surface area contributed by atoms with Crippen LogP contribution in [0.1, 0.15) is 47.5 Å². The highest BCUT2D eigenvalue weighted by Gasteiger charge is 2.56. The molecule has 2 aliphatic heterocycles. The third-order valence-corrected chi connectivity index (χ3v) is 12.5. The van der Waals surface area contributed by atoms with Crippen molar-refractivity contribution in [3.05, 3.63) is 37.0 Å². The number of carbonyl (C=O) groups is 5. The number of esters is 1. The number of ketones is 1. The van der Waals surface area contributed by atoms with Crippen molar-refractivity contribution in [3.63, 3.8) is 0 Å². The molecule has 0 aliphatic carbocycles. The van der Waals surface area contributed by atoms with Gasteiger partial charge in [0.25, 0.3) is 0 Å². The van der Waals surface area contributed by atoms with Crippen LogP contribution in [0.2, 0.25) is 18.1 Å². The van der Waals surface area contributed by atoms with Crippen LogP contribution in [0, 0.1) is 11.8 Å². The minimum Gasteiger partial charge on any atom is -0.454 e. The third kappa shape index (κ3) is 7.78. The Morgan fingerprint density at radius 1 is 1.10 bits per heavy atom. The first-order valence-corrected chi connectivity index (χ1v) is 16.5. The summed E-state index contributed by atoms with van der Waals surface area (Å²) in [5.74, 6) is -3.90. The van der Waals surface area contributed by atoms with Crippen molar-refractivity contribution < 1.29 is 37.9 Å². The molecule has 2 fully saturated rings. The highest BCUT2D eigenvalue weighted by Crippen LogP contribution is 2.41. The lowest BCUT2D eigenvalue weighted by Crippen LogP contribution is -2.68. The number of hydrogen-bond acceptors (Lipinski definition) is 8. The monoisotopic (exact) mass is 576 g/mol. The Balaban J connectivity index is 2.21. The second-order valence-electron chi connectivity index (χ2n) is 11.9. The van der Waals surface area contributed by atoms with Gasteiger partial charge in [-0.2, -0.15) is 0 Å². The Labute approximate surface area is 238 Å². The summed E-state index contributed by atoms with van der Waals surface area (Å²) in [4.78, 5) is 66.2. The normalized spacial score (nSPS) is 22.3. The van der Waals surface area contributed by atoms with Crippen molar-refractivity contribution in [3.8, 4) is 0 Å². The van der Waals surface area contributed by atoms with Crippen LogP contribution in [0.4, 0.5) is 4.79 Å². The summed E-state index contributed by atoms with van der Waals surface area (Å²) in [7, 11) is -2.27. The molecule has 4 atom stereocenters. The molecule has 0 radical (unpaired) electrons. The van der Waals surface area contributed by atoms with Crippen LogP contribution in [0.5, 0.6) is 0 Å². The molecule has 0 bridgehead atoms. The fourth-order valence-electron chi connectivity index (χ4n) is 4.67. The second kappa shape index (κ2) is 13.5. The van der Waals surface area contributed by atoms with E-state index in [1.54, 1.807) is 18.7 Å². The maximum Gasteiger partial charge on any atom is 0.410 e. The fourth-order valence-corrected chi connectivity index (χ4v) is 6.10. The number of nitrogens with zero attached hydrogens (tertiary/aromatic N) is 2. The minimum atomic E-state index is -2.27. The van der Waals surface area contributed by atoms with E-state index < -0.39 is 50.3 Å². The largest absolute Gasteiger partial charge is 0.454 e. The van der Waals surface area contributed by atoms with Gasteiger partial charge < -0.3 is 18.8 Å². The zero-order chi connectivity index (χ0) is 30.4. The zero-order valence-electron chi connectivity index (χ0n) is 24.9. The molecule has 0 aromatic heterocycles. The number of ether oxygens (including phenoxy) is 2. The van der Waals surface area contributed by atoms with Crippen LogP contribution in [0.25, 0.3) is 0 Å². The number of hydrogen-bond donors (Lipinski definition) is 0. The number of carbonyl (C=O) groups excluding carboxylic acids is 5. The number of rotatable bonds is 11. The van der Waals surface area contributed by atoms with Crippen molar-refractivity contribution in [2.45, 2.75) is 77.7 Å². The van der Waals surface area contributed by atoms with E-state index in [4.69, 9.17) is 13.9 Å². The van der Waals surface area contributed by atoms with E-state index in [1.807, 2.05) is 6.08 Å². The quantitative estimate of drug-likeness (QED) is 0.0903. The highest BCUT2D eigenvalue weighted by atomic mass is 28.4. The molecule has 40 heavy (non-hydrogen) atoms. The molecule has 2 saturated heterocycles. The third-order valence-electron chi connectivity index (χ3n) is 7.91. The summed E-state index contributed by atoms with van der Waals surface area (Å²) in [5, 5.41) is -0.115. The fraction of sp³-hybridized carbons (Fsp3) is 0.621. The first-order chi connectivity index (χ1) is 18.5. The number of β-lactam (4-membered cyclic amide) rings is 1. The van der Waals surface area contributed by atoms with Crippen LogP contribution in [0.15, 0.2) is 37.0 Å². The molecule has 3 amide bonds. The van der Waals surface area contributed by atoms with E-state index in [1.165, 1.54) is 12.2 Å². The average Bonchev–Trinajstić information content (AvgIpc) is 3.32. The van der Waals surface area contributed by atoms with Gasteiger partial charge in [0.15, 0.2) is 14.1 Å². The van der Waals surface area contributed by atoms with Crippen LogP contribution >= 0.6 is 0 Å². The van der Waals surface area contributed by atoms with E-state index in [9.17, 15) is 24.0 Å². The lowest BCUT2D eigenvalue weighted by Gasteiger charge is -2.49. The van der Waals surface area contributed by atoms with E-state index in [2.05, 4.69) is 47.0 Å². The molecule has 0 aromatic carbocycles. The molecule has 2 heterocycles. The van der Waals surface area contributed by atoms with Crippen LogP contribution in [-0.2, 0) is 33.1 Å². The lowest BCUT2D eigenvalue weighted by atomic mass is 9.79. The van der Waals surface area contributed by atoms with Gasteiger partial charge in [0.1, 0.15) is 13.2 Å². The van der Waals surface area contributed by atoms with Gasteiger partial charge in [0.2, 0.25) is 5.91 Å². The van der Waals surface area contributed by atoms with Gasteiger partial charge in [-0.1, -0.05) is 52.2 Å². The molecular weight excluding hydrogens is 532 g/mol. The Kier molecular flexibility index (Phi) is 11.2. The number of imide groups is 1. The molecule has 222 valence electrons. The molecule has 10 nitrogen and oxygen atoms in total. The summed E-state index contributed by atoms with van der Waals surface area (Å²) >= 11 is 0. The number of Topliss-reactive ketones (excluding diaryl/α,β-unsaturated/α-hetero) is 1. The maximum atomic E-state index is 13.3. The summed E-state index contributed by atoms with van der Waals surface area (Å²) in [6, 6.07) is -0.846.